The highest BCUT2D eigenvalue weighted by atomic mass is 16.7. The SMILES string of the molecule is CC.C[C@]12CC=C3C4=C(CCC3C1CCC21OCCO1)CC1(CC4)OCCO1. The van der Waals surface area contributed by atoms with E-state index >= 15 is 0 Å². The minimum Gasteiger partial charge on any atom is -0.347 e. The maximum atomic E-state index is 6.23. The summed E-state index contributed by atoms with van der Waals surface area (Å²) >= 11 is 0. The van der Waals surface area contributed by atoms with E-state index in [2.05, 4.69) is 13.0 Å². The van der Waals surface area contributed by atoms with E-state index in [1.54, 1.807) is 16.7 Å². The van der Waals surface area contributed by atoms with Crippen LogP contribution in [-0.2, 0) is 18.9 Å². The summed E-state index contributed by atoms with van der Waals surface area (Å²) in [6.45, 7) is 9.48. The molecule has 3 fully saturated rings. The molecule has 0 radical (unpaired) electrons. The molecule has 4 heteroatoms. The molecule has 0 amide bonds. The largest absolute Gasteiger partial charge is 0.347 e. The molecule has 0 bridgehead atoms. The van der Waals surface area contributed by atoms with E-state index < -0.39 is 0 Å². The van der Waals surface area contributed by atoms with Gasteiger partial charge in [-0.3, -0.25) is 0 Å². The normalized spacial score (nSPS) is 39.9. The van der Waals surface area contributed by atoms with Gasteiger partial charge in [0, 0.05) is 24.7 Å². The summed E-state index contributed by atoms with van der Waals surface area (Å²) < 4.78 is 24.5. The smallest absolute Gasteiger partial charge is 0.174 e. The summed E-state index contributed by atoms with van der Waals surface area (Å²) in [5, 5.41) is 0. The highest BCUT2D eigenvalue weighted by Crippen LogP contribution is 2.64. The number of hydrogen-bond acceptors (Lipinski definition) is 4. The molecule has 0 aromatic rings. The third-order valence-corrected chi connectivity index (χ3v) is 8.44. The van der Waals surface area contributed by atoms with Crippen LogP contribution in [0.1, 0.15) is 72.1 Å². The standard InChI is InChI=1S/C22H30O4.C2H6/c1-20-7-4-17-16-5-8-21(23-10-11-24-21)14-15(16)2-3-18(17)19(20)6-9-22(20)25-12-13-26-22;1-2/h4,18-19H,2-3,5-14H2,1H3;1-2H3/t18?,19?,20-;/m0./s1. The molecule has 2 aliphatic heterocycles. The lowest BCUT2D eigenvalue weighted by molar-refractivity contribution is -0.227. The lowest BCUT2D eigenvalue weighted by Gasteiger charge is -2.50. The second-order valence-electron chi connectivity index (χ2n) is 9.39. The Labute approximate surface area is 169 Å². The van der Waals surface area contributed by atoms with Crippen LogP contribution in [0.15, 0.2) is 22.8 Å². The lowest BCUT2D eigenvalue weighted by atomic mass is 9.58. The maximum Gasteiger partial charge on any atom is 0.174 e. The number of fused-ring (bicyclic) bond motifs is 5. The van der Waals surface area contributed by atoms with Crippen LogP contribution in [0.4, 0.5) is 0 Å². The predicted octanol–water partition coefficient (Wildman–Crippen LogP) is 5.14. The zero-order valence-electron chi connectivity index (χ0n) is 17.9. The summed E-state index contributed by atoms with van der Waals surface area (Å²) in [4.78, 5) is 0. The first-order valence-electron chi connectivity index (χ1n) is 11.6. The first kappa shape index (κ1) is 19.3. The molecule has 6 aliphatic rings. The van der Waals surface area contributed by atoms with Crippen LogP contribution in [0, 0.1) is 17.3 Å². The minimum absolute atomic E-state index is 0.142. The zero-order valence-corrected chi connectivity index (χ0v) is 17.9. The lowest BCUT2D eigenvalue weighted by Crippen LogP contribution is -2.49. The van der Waals surface area contributed by atoms with Crippen LogP contribution in [-0.4, -0.2) is 38.0 Å². The van der Waals surface area contributed by atoms with Gasteiger partial charge in [-0.15, -0.1) is 0 Å². The molecule has 0 aromatic heterocycles. The molecule has 2 unspecified atom stereocenters. The third kappa shape index (κ3) is 2.57. The van der Waals surface area contributed by atoms with Gasteiger partial charge in [0.25, 0.3) is 0 Å². The molecule has 0 N–H and O–H groups in total. The van der Waals surface area contributed by atoms with Crippen molar-refractivity contribution in [3.05, 3.63) is 22.8 Å². The number of hydrogen-bond donors (Lipinski definition) is 0. The van der Waals surface area contributed by atoms with E-state index in [9.17, 15) is 0 Å². The molecule has 28 heavy (non-hydrogen) atoms. The van der Waals surface area contributed by atoms with E-state index in [0.29, 0.717) is 11.8 Å². The Bertz CT molecular complexity index is 681. The Morgan fingerprint density at radius 2 is 1.61 bits per heavy atom. The summed E-state index contributed by atoms with van der Waals surface area (Å²) in [6, 6.07) is 0. The van der Waals surface area contributed by atoms with Crippen molar-refractivity contribution in [2.24, 2.45) is 17.3 Å². The first-order valence-corrected chi connectivity index (χ1v) is 11.6. The Kier molecular flexibility index (Phi) is 4.78. The Morgan fingerprint density at radius 1 is 0.893 bits per heavy atom. The quantitative estimate of drug-likeness (QED) is 0.576. The highest BCUT2D eigenvalue weighted by molar-refractivity contribution is 5.45. The average molecular weight is 389 g/mol. The van der Waals surface area contributed by atoms with Gasteiger partial charge in [-0.25, -0.2) is 0 Å². The topological polar surface area (TPSA) is 36.9 Å². The van der Waals surface area contributed by atoms with Gasteiger partial charge in [-0.1, -0.05) is 32.4 Å². The molecule has 6 rings (SSSR count). The van der Waals surface area contributed by atoms with Crippen molar-refractivity contribution in [1.29, 1.82) is 0 Å². The summed E-state index contributed by atoms with van der Waals surface area (Å²) in [6.07, 6.45) is 11.6. The molecule has 2 heterocycles. The monoisotopic (exact) mass is 388 g/mol. The second kappa shape index (κ2) is 6.94. The molecule has 4 aliphatic carbocycles. The van der Waals surface area contributed by atoms with Gasteiger partial charge >= 0.3 is 0 Å². The molecule has 0 aromatic carbocycles. The van der Waals surface area contributed by atoms with Crippen LogP contribution < -0.4 is 0 Å². The molecule has 3 atom stereocenters. The number of ether oxygens (including phenoxy) is 4. The summed E-state index contributed by atoms with van der Waals surface area (Å²) in [5.74, 6) is 0.790. The molecular weight excluding hydrogens is 352 g/mol. The maximum absolute atomic E-state index is 6.23. The van der Waals surface area contributed by atoms with Crippen molar-refractivity contribution in [3.8, 4) is 0 Å². The van der Waals surface area contributed by atoms with E-state index in [0.717, 1.165) is 58.5 Å². The molecule has 1 saturated carbocycles. The van der Waals surface area contributed by atoms with Crippen molar-refractivity contribution in [2.75, 3.05) is 26.4 Å². The molecule has 2 saturated heterocycles. The number of rotatable bonds is 0. The number of allylic oxidation sites excluding steroid dienone is 3. The van der Waals surface area contributed by atoms with Crippen molar-refractivity contribution in [3.63, 3.8) is 0 Å². The fourth-order valence-electron chi connectivity index (χ4n) is 7.18. The van der Waals surface area contributed by atoms with Gasteiger partial charge in [-0.05, 0) is 55.1 Å². The van der Waals surface area contributed by atoms with Gasteiger partial charge in [0.05, 0.1) is 26.4 Å². The molecular formula is C24H36O4. The van der Waals surface area contributed by atoms with Crippen LogP contribution in [0.5, 0.6) is 0 Å². The fourth-order valence-corrected chi connectivity index (χ4v) is 7.18. The second-order valence-corrected chi connectivity index (χ2v) is 9.39. The molecule has 156 valence electrons. The Hall–Kier alpha value is -0.680. The first-order chi connectivity index (χ1) is 13.6. The Morgan fingerprint density at radius 3 is 2.36 bits per heavy atom. The summed E-state index contributed by atoms with van der Waals surface area (Å²) in [5.41, 5.74) is 5.08. The van der Waals surface area contributed by atoms with Crippen molar-refractivity contribution >= 4 is 0 Å². The van der Waals surface area contributed by atoms with Crippen LogP contribution >= 0.6 is 0 Å². The van der Waals surface area contributed by atoms with Crippen LogP contribution in [0.25, 0.3) is 0 Å². The van der Waals surface area contributed by atoms with E-state index in [1.807, 2.05) is 13.8 Å². The van der Waals surface area contributed by atoms with Crippen molar-refractivity contribution in [2.45, 2.75) is 83.7 Å². The average Bonchev–Trinajstić information content (AvgIpc) is 3.45. The minimum atomic E-state index is -0.309. The van der Waals surface area contributed by atoms with E-state index in [1.165, 1.54) is 19.3 Å². The molecule has 2 spiro atoms. The van der Waals surface area contributed by atoms with Gasteiger partial charge in [0.2, 0.25) is 0 Å². The van der Waals surface area contributed by atoms with Crippen LogP contribution in [0.3, 0.4) is 0 Å². The third-order valence-electron chi connectivity index (χ3n) is 8.44. The van der Waals surface area contributed by atoms with Crippen LogP contribution in [0.2, 0.25) is 0 Å². The molecule has 4 nitrogen and oxygen atoms in total. The van der Waals surface area contributed by atoms with Gasteiger partial charge in [0.15, 0.2) is 11.6 Å². The fraction of sp³-hybridized carbons (Fsp3) is 0.833. The Balaban J connectivity index is 0.000000829. The van der Waals surface area contributed by atoms with Gasteiger partial charge in [0.1, 0.15) is 0 Å². The van der Waals surface area contributed by atoms with Crippen molar-refractivity contribution in [1.82, 2.24) is 0 Å². The zero-order chi connectivity index (χ0) is 19.4. The van der Waals surface area contributed by atoms with Gasteiger partial charge < -0.3 is 18.9 Å². The van der Waals surface area contributed by atoms with Crippen molar-refractivity contribution < 1.29 is 18.9 Å². The highest BCUT2D eigenvalue weighted by Gasteiger charge is 2.64. The van der Waals surface area contributed by atoms with E-state index in [4.69, 9.17) is 18.9 Å². The predicted molar refractivity (Wildman–Crippen MR) is 108 cm³/mol. The summed E-state index contributed by atoms with van der Waals surface area (Å²) in [7, 11) is 0. The van der Waals surface area contributed by atoms with E-state index in [-0.39, 0.29) is 17.0 Å². The van der Waals surface area contributed by atoms with Gasteiger partial charge in [-0.2, -0.15) is 0 Å².